The Hall–Kier alpha value is -1.47. The molecule has 0 spiro atoms. The molecule has 8 heteroatoms. The molecular weight excluding hydrogens is 340 g/mol. The Balaban J connectivity index is 2.99. The zero-order valence-electron chi connectivity index (χ0n) is 13.8. The number of methoxy groups -OCH3 is 1. The third-order valence-corrected chi connectivity index (χ3v) is 4.50. The Labute approximate surface area is 142 Å². The summed E-state index contributed by atoms with van der Waals surface area (Å²) in [6, 6.07) is 4.61. The molecule has 0 unspecified atom stereocenters. The van der Waals surface area contributed by atoms with Crippen LogP contribution in [0.4, 0.5) is 5.69 Å². The first kappa shape index (κ1) is 19.6. The number of nitrogens with zero attached hydrogens (tertiary/aromatic N) is 1. The lowest BCUT2D eigenvalue weighted by Gasteiger charge is -2.24. The van der Waals surface area contributed by atoms with Gasteiger partial charge in [-0.05, 0) is 30.5 Å². The van der Waals surface area contributed by atoms with E-state index in [2.05, 4.69) is 5.32 Å². The summed E-state index contributed by atoms with van der Waals surface area (Å²) in [4.78, 5) is 12.0. The lowest BCUT2D eigenvalue weighted by atomic mass is 10.1. The molecule has 23 heavy (non-hydrogen) atoms. The molecule has 6 nitrogen and oxygen atoms in total. The molecule has 1 N–H and O–H groups in total. The van der Waals surface area contributed by atoms with Crippen LogP contribution in [0.15, 0.2) is 18.2 Å². The van der Waals surface area contributed by atoms with Gasteiger partial charge in [-0.1, -0.05) is 25.4 Å². The third kappa shape index (κ3) is 6.27. The summed E-state index contributed by atoms with van der Waals surface area (Å²) in [6.45, 7) is 4.27. The summed E-state index contributed by atoms with van der Waals surface area (Å²) >= 11 is 5.95. The Morgan fingerprint density at radius 3 is 2.57 bits per heavy atom. The van der Waals surface area contributed by atoms with E-state index in [4.69, 9.17) is 16.3 Å². The van der Waals surface area contributed by atoms with E-state index in [0.717, 1.165) is 17.0 Å². The van der Waals surface area contributed by atoms with E-state index in [1.165, 1.54) is 13.2 Å². The van der Waals surface area contributed by atoms with Crippen LogP contribution in [0.5, 0.6) is 5.75 Å². The summed E-state index contributed by atoms with van der Waals surface area (Å²) in [5.74, 6) is 0.405. The minimum Gasteiger partial charge on any atom is -0.495 e. The minimum absolute atomic E-state index is 0.238. The van der Waals surface area contributed by atoms with Gasteiger partial charge in [0, 0.05) is 11.6 Å². The van der Waals surface area contributed by atoms with Crippen LogP contribution in [0, 0.1) is 5.92 Å². The average Bonchev–Trinajstić information content (AvgIpc) is 2.43. The van der Waals surface area contributed by atoms with Crippen molar-refractivity contribution in [3.8, 4) is 5.75 Å². The Bertz CT molecular complexity index is 647. The lowest BCUT2D eigenvalue weighted by Crippen LogP contribution is -2.41. The maximum absolute atomic E-state index is 12.1. The molecule has 0 heterocycles. The average molecular weight is 363 g/mol. The van der Waals surface area contributed by atoms with Crippen molar-refractivity contribution in [3.05, 3.63) is 23.2 Å². The summed E-state index contributed by atoms with van der Waals surface area (Å²) < 4.78 is 30.3. The molecule has 0 aliphatic heterocycles. The second kappa shape index (κ2) is 8.40. The van der Waals surface area contributed by atoms with Crippen LogP contribution in [0.2, 0.25) is 5.02 Å². The van der Waals surface area contributed by atoms with Gasteiger partial charge in [-0.2, -0.15) is 0 Å². The molecule has 0 aromatic heterocycles. The fourth-order valence-electron chi connectivity index (χ4n) is 1.93. The van der Waals surface area contributed by atoms with Crippen molar-refractivity contribution < 1.29 is 17.9 Å². The largest absolute Gasteiger partial charge is 0.495 e. The number of hydrogen-bond donors (Lipinski definition) is 1. The minimum atomic E-state index is -3.67. The predicted molar refractivity (Wildman–Crippen MR) is 92.7 cm³/mol. The van der Waals surface area contributed by atoms with E-state index < -0.39 is 10.0 Å². The molecule has 0 saturated heterocycles. The van der Waals surface area contributed by atoms with Crippen molar-refractivity contribution in [1.82, 2.24) is 5.32 Å². The number of halogens is 1. The van der Waals surface area contributed by atoms with Gasteiger partial charge in [0.15, 0.2) is 0 Å². The molecule has 0 aliphatic carbocycles. The first-order valence-electron chi connectivity index (χ1n) is 7.23. The fourth-order valence-corrected chi connectivity index (χ4v) is 2.94. The number of nitrogens with one attached hydrogen (secondary N) is 1. The molecular formula is C15H23ClN2O4S. The SMILES string of the molecule is COc1ccc(Cl)cc1N(CC(=O)NCCC(C)C)S(C)(=O)=O. The third-order valence-electron chi connectivity index (χ3n) is 3.14. The molecule has 1 aromatic rings. The molecule has 0 fully saturated rings. The van der Waals surface area contributed by atoms with E-state index in [-0.39, 0.29) is 18.1 Å². The maximum Gasteiger partial charge on any atom is 0.240 e. The van der Waals surface area contributed by atoms with E-state index >= 15 is 0 Å². The van der Waals surface area contributed by atoms with Gasteiger partial charge in [0.1, 0.15) is 12.3 Å². The van der Waals surface area contributed by atoms with Crippen LogP contribution in [0.1, 0.15) is 20.3 Å². The van der Waals surface area contributed by atoms with Crippen LogP contribution >= 0.6 is 11.6 Å². The zero-order chi connectivity index (χ0) is 17.6. The molecule has 1 aromatic carbocycles. The Morgan fingerprint density at radius 1 is 1.39 bits per heavy atom. The second-order valence-corrected chi connectivity index (χ2v) is 7.96. The number of benzene rings is 1. The first-order chi connectivity index (χ1) is 10.6. The first-order valence-corrected chi connectivity index (χ1v) is 9.45. The second-order valence-electron chi connectivity index (χ2n) is 5.62. The number of sulfonamides is 1. The van der Waals surface area contributed by atoms with Gasteiger partial charge in [0.25, 0.3) is 0 Å². The van der Waals surface area contributed by atoms with E-state index in [9.17, 15) is 13.2 Å². The van der Waals surface area contributed by atoms with Gasteiger partial charge in [0.05, 0.1) is 19.1 Å². The number of carbonyl (C=O) groups is 1. The highest BCUT2D eigenvalue weighted by Gasteiger charge is 2.24. The van der Waals surface area contributed by atoms with Gasteiger partial charge < -0.3 is 10.1 Å². The van der Waals surface area contributed by atoms with Crippen molar-refractivity contribution >= 4 is 33.2 Å². The summed E-state index contributed by atoms with van der Waals surface area (Å²) in [7, 11) is -2.24. The molecule has 0 bridgehead atoms. The highest BCUT2D eigenvalue weighted by atomic mass is 35.5. The number of amides is 1. The smallest absolute Gasteiger partial charge is 0.240 e. The summed E-state index contributed by atoms with van der Waals surface area (Å²) in [5, 5.41) is 3.08. The molecule has 1 amide bonds. The van der Waals surface area contributed by atoms with E-state index in [0.29, 0.717) is 23.2 Å². The van der Waals surface area contributed by atoms with Crippen LogP contribution in [-0.4, -0.2) is 40.8 Å². The van der Waals surface area contributed by atoms with Gasteiger partial charge in [0.2, 0.25) is 15.9 Å². The molecule has 0 saturated carbocycles. The quantitative estimate of drug-likeness (QED) is 0.769. The molecule has 1 rings (SSSR count). The van der Waals surface area contributed by atoms with Crippen molar-refractivity contribution in [2.24, 2.45) is 5.92 Å². The van der Waals surface area contributed by atoms with Gasteiger partial charge >= 0.3 is 0 Å². The summed E-state index contributed by atoms with van der Waals surface area (Å²) in [5.41, 5.74) is 0.238. The van der Waals surface area contributed by atoms with Crippen LogP contribution in [0.25, 0.3) is 0 Å². The molecule has 0 atom stereocenters. The van der Waals surface area contributed by atoms with Crippen molar-refractivity contribution in [3.63, 3.8) is 0 Å². The fraction of sp³-hybridized carbons (Fsp3) is 0.533. The number of anilines is 1. The molecule has 130 valence electrons. The number of carbonyl (C=O) groups excluding carboxylic acids is 1. The Kier molecular flexibility index (Phi) is 7.15. The standard InChI is InChI=1S/C15H23ClN2O4S/c1-11(2)7-8-17-15(19)10-18(23(4,20)21)13-9-12(16)5-6-14(13)22-3/h5-6,9,11H,7-8,10H2,1-4H3,(H,17,19). The monoisotopic (exact) mass is 362 g/mol. The van der Waals surface area contributed by atoms with Crippen LogP contribution in [-0.2, 0) is 14.8 Å². The van der Waals surface area contributed by atoms with Gasteiger partial charge in [-0.25, -0.2) is 8.42 Å². The lowest BCUT2D eigenvalue weighted by molar-refractivity contribution is -0.119. The van der Waals surface area contributed by atoms with Crippen molar-refractivity contribution in [2.75, 3.05) is 30.8 Å². The van der Waals surface area contributed by atoms with Gasteiger partial charge in [-0.15, -0.1) is 0 Å². The summed E-state index contributed by atoms with van der Waals surface area (Å²) in [6.07, 6.45) is 1.86. The van der Waals surface area contributed by atoms with Crippen LogP contribution < -0.4 is 14.4 Å². The molecule has 0 aliphatic rings. The Morgan fingerprint density at radius 2 is 2.04 bits per heavy atom. The molecule has 0 radical (unpaired) electrons. The highest BCUT2D eigenvalue weighted by Crippen LogP contribution is 2.32. The van der Waals surface area contributed by atoms with E-state index in [1.807, 2.05) is 13.8 Å². The predicted octanol–water partition coefficient (Wildman–Crippen LogP) is 2.28. The number of hydrogen-bond acceptors (Lipinski definition) is 4. The van der Waals surface area contributed by atoms with Gasteiger partial charge in [-0.3, -0.25) is 9.10 Å². The zero-order valence-corrected chi connectivity index (χ0v) is 15.4. The van der Waals surface area contributed by atoms with Crippen molar-refractivity contribution in [1.29, 1.82) is 0 Å². The van der Waals surface area contributed by atoms with Crippen molar-refractivity contribution in [2.45, 2.75) is 20.3 Å². The number of rotatable bonds is 8. The highest BCUT2D eigenvalue weighted by molar-refractivity contribution is 7.92. The van der Waals surface area contributed by atoms with E-state index in [1.54, 1.807) is 12.1 Å². The topological polar surface area (TPSA) is 75.7 Å². The maximum atomic E-state index is 12.1. The van der Waals surface area contributed by atoms with Crippen LogP contribution in [0.3, 0.4) is 0 Å². The normalized spacial score (nSPS) is 11.4. The number of ether oxygens (including phenoxy) is 1.